The van der Waals surface area contributed by atoms with Crippen molar-refractivity contribution < 1.29 is 9.31 Å². The average molecular weight is 247 g/mol. The molecule has 1 aromatic heterocycles. The van der Waals surface area contributed by atoms with Gasteiger partial charge in [-0.15, -0.1) is 0 Å². The van der Waals surface area contributed by atoms with E-state index in [2.05, 4.69) is 39.6 Å². The molecule has 1 unspecified atom stereocenters. The molecule has 0 aromatic carbocycles. The third kappa shape index (κ3) is 2.45. The summed E-state index contributed by atoms with van der Waals surface area (Å²) in [4.78, 5) is 4.13. The second-order valence-corrected chi connectivity index (χ2v) is 6.19. The third-order valence-corrected chi connectivity index (χ3v) is 3.80. The van der Waals surface area contributed by atoms with E-state index >= 15 is 0 Å². The Hall–Kier alpha value is -0.865. The molecule has 2 rings (SSSR count). The second kappa shape index (κ2) is 4.67. The molecule has 0 N–H and O–H groups in total. The summed E-state index contributed by atoms with van der Waals surface area (Å²) < 4.78 is 12.3. The van der Waals surface area contributed by atoms with Crippen LogP contribution in [0.2, 0.25) is 0 Å². The van der Waals surface area contributed by atoms with Gasteiger partial charge in [0.25, 0.3) is 0 Å². The highest BCUT2D eigenvalue weighted by molar-refractivity contribution is 6.62. The van der Waals surface area contributed by atoms with Crippen LogP contribution in [0, 0.1) is 5.92 Å². The molecule has 1 saturated heterocycles. The molecule has 0 spiro atoms. The molecule has 1 aliphatic rings. The van der Waals surface area contributed by atoms with Crippen molar-refractivity contribution in [3.8, 4) is 0 Å². The number of aromatic nitrogens is 1. The Balaban J connectivity index is 2.22. The molecular formula is C14H22BNO2. The minimum atomic E-state index is -0.308. The Labute approximate surface area is 110 Å². The summed E-state index contributed by atoms with van der Waals surface area (Å²) in [6.07, 6.45) is 4.55. The van der Waals surface area contributed by atoms with Crippen LogP contribution >= 0.6 is 0 Å². The summed E-state index contributed by atoms with van der Waals surface area (Å²) >= 11 is 0. The molecule has 1 fully saturated rings. The van der Waals surface area contributed by atoms with Crippen LogP contribution in [0.1, 0.15) is 41.0 Å². The van der Waals surface area contributed by atoms with Crippen LogP contribution in [0.3, 0.4) is 0 Å². The lowest BCUT2D eigenvalue weighted by molar-refractivity contribution is -0.0239. The highest BCUT2D eigenvalue weighted by Crippen LogP contribution is 2.41. The van der Waals surface area contributed by atoms with Gasteiger partial charge in [-0.05, 0) is 39.2 Å². The van der Waals surface area contributed by atoms with E-state index in [1.165, 1.54) is 0 Å². The van der Waals surface area contributed by atoms with Gasteiger partial charge in [0.15, 0.2) is 0 Å². The molecule has 18 heavy (non-hydrogen) atoms. The number of pyridine rings is 1. The Bertz CT molecular complexity index is 408. The van der Waals surface area contributed by atoms with Crippen LogP contribution in [0.15, 0.2) is 24.5 Å². The Morgan fingerprint density at radius 3 is 2.56 bits per heavy atom. The molecule has 3 nitrogen and oxygen atoms in total. The predicted octanol–water partition coefficient (Wildman–Crippen LogP) is 2.41. The maximum atomic E-state index is 6.20. The summed E-state index contributed by atoms with van der Waals surface area (Å²) in [5, 5.41) is 0. The van der Waals surface area contributed by atoms with Crippen LogP contribution < -0.4 is 5.46 Å². The molecule has 2 heterocycles. The van der Waals surface area contributed by atoms with Gasteiger partial charge in [0.2, 0.25) is 0 Å². The third-order valence-electron chi connectivity index (χ3n) is 3.80. The van der Waals surface area contributed by atoms with Crippen LogP contribution in [0.4, 0.5) is 0 Å². The van der Waals surface area contributed by atoms with Gasteiger partial charge < -0.3 is 9.31 Å². The fourth-order valence-electron chi connectivity index (χ4n) is 2.52. The average Bonchev–Trinajstić information content (AvgIpc) is 2.50. The quantitative estimate of drug-likeness (QED) is 0.768. The van der Waals surface area contributed by atoms with E-state index < -0.39 is 0 Å². The summed E-state index contributed by atoms with van der Waals surface area (Å²) in [5.74, 6) is 0.575. The van der Waals surface area contributed by atoms with Crippen molar-refractivity contribution in [3.63, 3.8) is 0 Å². The zero-order chi connectivity index (χ0) is 13.4. The number of nitrogens with zero attached hydrogens (tertiary/aromatic N) is 1. The first-order valence-corrected chi connectivity index (χ1v) is 6.60. The van der Waals surface area contributed by atoms with E-state index in [-0.39, 0.29) is 18.3 Å². The maximum Gasteiger partial charge on any atom is 0.496 e. The van der Waals surface area contributed by atoms with E-state index in [9.17, 15) is 0 Å². The summed E-state index contributed by atoms with van der Waals surface area (Å²) in [6.45, 7) is 10.8. The van der Waals surface area contributed by atoms with Crippen LogP contribution in [-0.2, 0) is 9.31 Å². The normalized spacial score (nSPS) is 26.9. The SMILES string of the molecule is CC(C)CC1(C)OB(c2cccnc2)OC1(C)C. The molecule has 4 heteroatoms. The molecule has 1 atom stereocenters. The van der Waals surface area contributed by atoms with E-state index in [1.54, 1.807) is 6.20 Å². The molecule has 0 radical (unpaired) electrons. The van der Waals surface area contributed by atoms with Gasteiger partial charge in [-0.25, -0.2) is 0 Å². The van der Waals surface area contributed by atoms with Gasteiger partial charge in [-0.1, -0.05) is 19.9 Å². The van der Waals surface area contributed by atoms with Crippen molar-refractivity contribution in [2.45, 2.75) is 52.2 Å². The van der Waals surface area contributed by atoms with Crippen molar-refractivity contribution >= 4 is 12.6 Å². The maximum absolute atomic E-state index is 6.20. The van der Waals surface area contributed by atoms with Gasteiger partial charge >= 0.3 is 7.12 Å². The zero-order valence-electron chi connectivity index (χ0n) is 11.9. The highest BCUT2D eigenvalue weighted by Gasteiger charge is 2.54. The molecule has 1 aromatic rings. The topological polar surface area (TPSA) is 31.4 Å². The standard InChI is InChI=1S/C14H22BNO2/c1-11(2)9-14(5)13(3,4)17-15(18-14)12-7-6-8-16-10-12/h6-8,10-11H,9H2,1-5H3. The first kappa shape index (κ1) is 13.6. The second-order valence-electron chi connectivity index (χ2n) is 6.19. The van der Waals surface area contributed by atoms with Gasteiger partial charge in [0.05, 0.1) is 11.2 Å². The fourth-order valence-corrected chi connectivity index (χ4v) is 2.52. The van der Waals surface area contributed by atoms with Gasteiger partial charge in [0.1, 0.15) is 0 Å². The van der Waals surface area contributed by atoms with Crippen molar-refractivity contribution in [2.24, 2.45) is 5.92 Å². The van der Waals surface area contributed by atoms with E-state index in [4.69, 9.17) is 9.31 Å². The van der Waals surface area contributed by atoms with Crippen molar-refractivity contribution in [1.82, 2.24) is 4.98 Å². The van der Waals surface area contributed by atoms with E-state index in [0.29, 0.717) is 5.92 Å². The number of hydrogen-bond acceptors (Lipinski definition) is 3. The summed E-state index contributed by atoms with van der Waals surface area (Å²) in [6, 6.07) is 3.90. The van der Waals surface area contributed by atoms with Crippen molar-refractivity contribution in [3.05, 3.63) is 24.5 Å². The monoisotopic (exact) mass is 247 g/mol. The van der Waals surface area contributed by atoms with Crippen molar-refractivity contribution in [1.29, 1.82) is 0 Å². The van der Waals surface area contributed by atoms with Crippen LogP contribution in [-0.4, -0.2) is 23.3 Å². The lowest BCUT2D eigenvalue weighted by Gasteiger charge is -2.37. The Morgan fingerprint density at radius 1 is 1.28 bits per heavy atom. The molecule has 0 aliphatic carbocycles. The minimum absolute atomic E-state index is 0.262. The van der Waals surface area contributed by atoms with Gasteiger partial charge in [0, 0.05) is 17.9 Å². The Morgan fingerprint density at radius 2 is 2.00 bits per heavy atom. The summed E-state index contributed by atoms with van der Waals surface area (Å²) in [7, 11) is -0.308. The predicted molar refractivity (Wildman–Crippen MR) is 73.7 cm³/mol. The van der Waals surface area contributed by atoms with Crippen molar-refractivity contribution in [2.75, 3.05) is 0 Å². The van der Waals surface area contributed by atoms with Gasteiger partial charge in [-0.3, -0.25) is 4.98 Å². The molecule has 1 aliphatic heterocycles. The van der Waals surface area contributed by atoms with Crippen LogP contribution in [0.25, 0.3) is 0 Å². The number of rotatable bonds is 3. The summed E-state index contributed by atoms with van der Waals surface area (Å²) in [5.41, 5.74) is 0.428. The number of hydrogen-bond donors (Lipinski definition) is 0. The first-order valence-electron chi connectivity index (χ1n) is 6.60. The smallest absolute Gasteiger partial charge is 0.399 e. The first-order chi connectivity index (χ1) is 8.34. The van der Waals surface area contributed by atoms with E-state index in [1.807, 2.05) is 18.3 Å². The molecule has 0 saturated carbocycles. The minimum Gasteiger partial charge on any atom is -0.399 e. The Kier molecular flexibility index (Phi) is 3.52. The van der Waals surface area contributed by atoms with E-state index in [0.717, 1.165) is 11.9 Å². The lowest BCUT2D eigenvalue weighted by atomic mass is 9.80. The lowest BCUT2D eigenvalue weighted by Crippen LogP contribution is -2.45. The molecule has 0 bridgehead atoms. The van der Waals surface area contributed by atoms with Gasteiger partial charge in [-0.2, -0.15) is 0 Å². The fraction of sp³-hybridized carbons (Fsp3) is 0.643. The molecule has 0 amide bonds. The zero-order valence-corrected chi connectivity index (χ0v) is 11.9. The largest absolute Gasteiger partial charge is 0.496 e. The highest BCUT2D eigenvalue weighted by atomic mass is 16.7. The van der Waals surface area contributed by atoms with Crippen LogP contribution in [0.5, 0.6) is 0 Å². The molecular weight excluding hydrogens is 225 g/mol. The molecule has 98 valence electrons.